The number of hydrazone groups is 1. The summed E-state index contributed by atoms with van der Waals surface area (Å²) in [5.41, 5.74) is 0. The van der Waals surface area contributed by atoms with Gasteiger partial charge in [0.15, 0.2) is 0 Å². The van der Waals surface area contributed by atoms with Crippen LogP contribution in [0.2, 0.25) is 0 Å². The largest absolute Gasteiger partial charge is 3.00 e. The molecule has 113 valence electrons. The van der Waals surface area contributed by atoms with Crippen LogP contribution in [0.1, 0.15) is 72.1 Å². The summed E-state index contributed by atoms with van der Waals surface area (Å²) in [4.78, 5) is 0. The van der Waals surface area contributed by atoms with Crippen molar-refractivity contribution in [3.8, 4) is 0 Å². The summed E-state index contributed by atoms with van der Waals surface area (Å²) < 4.78 is 0. The third-order valence-electron chi connectivity index (χ3n) is 2.01. The molecule has 0 N–H and O–H groups in total. The Bertz CT molecular complexity index is 131. The molecule has 19 heavy (non-hydrogen) atoms. The van der Waals surface area contributed by atoms with Crippen LogP contribution in [0.5, 0.6) is 0 Å². The molecule has 0 spiro atoms. The number of nitrogens with zero attached hydrogens (tertiary/aromatic N) is 2. The predicted molar refractivity (Wildman–Crippen MR) is 85.8 cm³/mol. The number of hydrogen-bond acceptors (Lipinski definition) is 2. The van der Waals surface area contributed by atoms with Crippen molar-refractivity contribution in [3.05, 3.63) is 13.8 Å². The molecule has 0 aliphatic heterocycles. The predicted octanol–water partition coefficient (Wildman–Crippen LogP) is 5.23. The average Bonchev–Trinajstić information content (AvgIpc) is 2.32. The zero-order chi connectivity index (χ0) is 14.6. The van der Waals surface area contributed by atoms with Crippen LogP contribution >= 0.6 is 0 Å². The summed E-state index contributed by atoms with van der Waals surface area (Å²) in [7, 11) is 3.72. The molecule has 0 saturated heterocycles. The van der Waals surface area contributed by atoms with E-state index in [4.69, 9.17) is 0 Å². The van der Waals surface area contributed by atoms with Gasteiger partial charge in [-0.3, -0.25) is 0 Å². The van der Waals surface area contributed by atoms with Crippen LogP contribution in [-0.2, 0) is 0 Å². The van der Waals surface area contributed by atoms with Crippen molar-refractivity contribution in [2.45, 2.75) is 72.1 Å². The molecule has 0 fully saturated rings. The minimum Gasteiger partial charge on any atom is -0.403 e. The molecule has 2 nitrogen and oxygen atoms in total. The smallest absolute Gasteiger partial charge is 0.403 e. The van der Waals surface area contributed by atoms with Gasteiger partial charge < -0.3 is 30.2 Å². The minimum atomic E-state index is 0. The van der Waals surface area contributed by atoms with Gasteiger partial charge in [-0.25, -0.2) is 0 Å². The van der Waals surface area contributed by atoms with E-state index in [9.17, 15) is 0 Å². The van der Waals surface area contributed by atoms with E-state index in [-0.39, 0.29) is 31.1 Å². The molecule has 0 aliphatic carbocycles. The number of hydrogen-bond donors (Lipinski definition) is 0. The van der Waals surface area contributed by atoms with E-state index in [1.165, 1.54) is 38.5 Å². The molecule has 0 rings (SSSR count). The molecule has 0 saturated carbocycles. The van der Waals surface area contributed by atoms with Crippen LogP contribution in [0.4, 0.5) is 0 Å². The van der Waals surface area contributed by atoms with Crippen molar-refractivity contribution in [2.24, 2.45) is 5.10 Å². The van der Waals surface area contributed by atoms with Crippen LogP contribution in [0, 0.1) is 45.0 Å². The minimum absolute atomic E-state index is 0. The molecule has 0 aromatic heterocycles. The van der Waals surface area contributed by atoms with Gasteiger partial charge in [0.05, 0.1) is 0 Å². The maximum Gasteiger partial charge on any atom is 3.00 e. The molecule has 0 aromatic carbocycles. The molecule has 0 heterocycles. The Labute approximate surface area is 147 Å². The SMILES string of the molecule is C[C-]=NN(C)C.[CH2-]CCCC.[CH2-]CCCCCC.[U+3]. The molecule has 1 radical (unpaired) electrons. The molecular formula is C16H35N2U. The van der Waals surface area contributed by atoms with Gasteiger partial charge in [-0.1, -0.05) is 52.4 Å². The Hall–Kier alpha value is 0.522. The van der Waals surface area contributed by atoms with Crippen LogP contribution < -0.4 is 0 Å². The first-order valence-corrected chi connectivity index (χ1v) is 7.23. The van der Waals surface area contributed by atoms with Crippen molar-refractivity contribution >= 4 is 6.21 Å². The first-order chi connectivity index (χ1) is 8.60. The molecule has 0 aliphatic rings. The Balaban J connectivity index is -0.0000000878. The topological polar surface area (TPSA) is 15.6 Å². The van der Waals surface area contributed by atoms with E-state index < -0.39 is 0 Å². The molecule has 0 atom stereocenters. The third kappa shape index (κ3) is 55.8. The van der Waals surface area contributed by atoms with Crippen molar-refractivity contribution < 1.29 is 31.1 Å². The van der Waals surface area contributed by atoms with Crippen LogP contribution in [-0.4, -0.2) is 25.3 Å². The van der Waals surface area contributed by atoms with E-state index in [2.05, 4.69) is 39.0 Å². The van der Waals surface area contributed by atoms with E-state index in [1.54, 1.807) is 11.9 Å². The van der Waals surface area contributed by atoms with Crippen LogP contribution in [0.3, 0.4) is 0 Å². The summed E-state index contributed by atoms with van der Waals surface area (Å²) in [6, 6.07) is 0. The van der Waals surface area contributed by atoms with E-state index in [1.807, 2.05) is 14.1 Å². The van der Waals surface area contributed by atoms with Crippen molar-refractivity contribution in [2.75, 3.05) is 14.1 Å². The Kier molecular flexibility index (Phi) is 45.5. The summed E-state index contributed by atoms with van der Waals surface area (Å²) in [6.45, 7) is 13.6. The quantitative estimate of drug-likeness (QED) is 0.205. The van der Waals surface area contributed by atoms with Gasteiger partial charge in [-0.2, -0.15) is 19.8 Å². The fourth-order valence-corrected chi connectivity index (χ4v) is 1.05. The zero-order valence-corrected chi connectivity index (χ0v) is 18.1. The Morgan fingerprint density at radius 1 is 0.895 bits per heavy atom. The van der Waals surface area contributed by atoms with Gasteiger partial charge in [-0.05, 0) is 0 Å². The van der Waals surface area contributed by atoms with E-state index in [0.717, 1.165) is 12.8 Å². The Morgan fingerprint density at radius 3 is 1.53 bits per heavy atom. The van der Waals surface area contributed by atoms with Gasteiger partial charge in [0.1, 0.15) is 0 Å². The number of unbranched alkanes of at least 4 members (excludes halogenated alkanes) is 6. The molecule has 0 bridgehead atoms. The van der Waals surface area contributed by atoms with Crippen molar-refractivity contribution in [3.63, 3.8) is 0 Å². The second kappa shape index (κ2) is 31.1. The molecule has 0 amide bonds. The molecule has 3 heteroatoms. The monoisotopic (exact) mass is 493 g/mol. The fourth-order valence-electron chi connectivity index (χ4n) is 1.05. The maximum atomic E-state index is 3.76. The van der Waals surface area contributed by atoms with Crippen molar-refractivity contribution in [1.29, 1.82) is 0 Å². The Morgan fingerprint density at radius 2 is 1.37 bits per heavy atom. The summed E-state index contributed by atoms with van der Waals surface area (Å²) in [6.07, 6.45) is 12.8. The third-order valence-corrected chi connectivity index (χ3v) is 2.01. The standard InChI is InChI=1S/C7H15.C5H11.C4H9N2.U/c1-3-5-7-6-4-2;1-3-5-4-2;1-4-5-6(2)3;/h1,3-7H2,2H3;1,3-5H2,2H3;1-3H3;/q3*-1;+3. The summed E-state index contributed by atoms with van der Waals surface area (Å²) in [5, 5.41) is 5.40. The second-order valence-electron chi connectivity index (χ2n) is 4.29. The average molecular weight is 493 g/mol. The molecule has 0 unspecified atom stereocenters. The first-order valence-electron chi connectivity index (χ1n) is 7.23. The van der Waals surface area contributed by atoms with Gasteiger partial charge in [0, 0.05) is 14.1 Å². The summed E-state index contributed by atoms with van der Waals surface area (Å²) >= 11 is 0. The summed E-state index contributed by atoms with van der Waals surface area (Å²) in [5.74, 6) is 0. The van der Waals surface area contributed by atoms with Gasteiger partial charge in [0.25, 0.3) is 0 Å². The van der Waals surface area contributed by atoms with E-state index >= 15 is 0 Å². The van der Waals surface area contributed by atoms with E-state index in [0.29, 0.717) is 0 Å². The number of rotatable bonds is 7. The van der Waals surface area contributed by atoms with Gasteiger partial charge in [-0.15, -0.1) is 0 Å². The van der Waals surface area contributed by atoms with Crippen molar-refractivity contribution in [1.82, 2.24) is 5.01 Å². The first kappa shape index (κ1) is 27.8. The fraction of sp³-hybridized carbons (Fsp3) is 0.812. The zero-order valence-electron chi connectivity index (χ0n) is 14.0. The van der Waals surface area contributed by atoms with Crippen LogP contribution in [0.15, 0.2) is 5.10 Å². The van der Waals surface area contributed by atoms with Crippen LogP contribution in [0.25, 0.3) is 0 Å². The second-order valence-corrected chi connectivity index (χ2v) is 4.29. The normalized spacial score (nSPS) is 8.79. The maximum absolute atomic E-state index is 3.76. The molecular weight excluding hydrogens is 458 g/mol. The van der Waals surface area contributed by atoms with Gasteiger partial charge >= 0.3 is 31.1 Å². The van der Waals surface area contributed by atoms with Gasteiger partial charge in [0.2, 0.25) is 0 Å². The molecule has 0 aromatic rings.